The van der Waals surface area contributed by atoms with Crippen molar-refractivity contribution in [1.82, 2.24) is 4.98 Å². The molecule has 0 fully saturated rings. The summed E-state index contributed by atoms with van der Waals surface area (Å²) in [6.07, 6.45) is 0. The lowest BCUT2D eigenvalue weighted by molar-refractivity contribution is 0.494. The number of hydrogen-bond donors (Lipinski definition) is 1. The zero-order chi connectivity index (χ0) is 15.8. The molecule has 0 saturated carbocycles. The van der Waals surface area contributed by atoms with Gasteiger partial charge in [0, 0.05) is 16.5 Å². The largest absolute Gasteiger partial charge is 0.456 e. The summed E-state index contributed by atoms with van der Waals surface area (Å²) >= 11 is 0. The summed E-state index contributed by atoms with van der Waals surface area (Å²) in [6.45, 7) is 0. The van der Waals surface area contributed by atoms with Crippen molar-refractivity contribution in [2.75, 3.05) is 5.73 Å². The minimum absolute atomic E-state index is 0.720. The second-order valence-electron chi connectivity index (χ2n) is 5.60. The van der Waals surface area contributed by atoms with Gasteiger partial charge in [-0.3, -0.25) is 0 Å². The summed E-state index contributed by atoms with van der Waals surface area (Å²) in [7, 11) is 2.08. The number of benzene rings is 3. The number of para-hydroxylation sites is 1. The average molecular weight is 298 g/mol. The standard InChI is InChI=1S/C19H15BN2O/c20-15-5-3-7-17-18(15)19(14-4-1-2-6-16(14)22-17)23-13-10-8-12(21)9-11-13/h1-11H,20-21H2. The zero-order valence-electron chi connectivity index (χ0n) is 12.8. The van der Waals surface area contributed by atoms with Gasteiger partial charge >= 0.3 is 0 Å². The minimum atomic E-state index is 0.720. The predicted molar refractivity (Wildman–Crippen MR) is 98.4 cm³/mol. The molecule has 0 saturated heterocycles. The summed E-state index contributed by atoms with van der Waals surface area (Å²) in [6, 6.07) is 21.6. The van der Waals surface area contributed by atoms with E-state index in [1.807, 2.05) is 60.7 Å². The van der Waals surface area contributed by atoms with Crippen LogP contribution in [0.2, 0.25) is 0 Å². The van der Waals surface area contributed by atoms with Crippen LogP contribution < -0.4 is 15.9 Å². The maximum atomic E-state index is 6.25. The molecule has 0 aliphatic heterocycles. The lowest BCUT2D eigenvalue weighted by atomic mass is 9.90. The third-order valence-corrected chi connectivity index (χ3v) is 3.97. The minimum Gasteiger partial charge on any atom is -0.456 e. The monoisotopic (exact) mass is 298 g/mol. The summed E-state index contributed by atoms with van der Waals surface area (Å²) in [5.74, 6) is 1.61. The molecule has 4 heteroatoms. The average Bonchev–Trinajstić information content (AvgIpc) is 2.57. The number of rotatable bonds is 2. The molecule has 4 rings (SSSR count). The number of anilines is 1. The highest BCUT2D eigenvalue weighted by Crippen LogP contribution is 2.35. The quantitative estimate of drug-likeness (QED) is 0.351. The highest BCUT2D eigenvalue weighted by Gasteiger charge is 2.12. The highest BCUT2D eigenvalue weighted by molar-refractivity contribution is 6.40. The third-order valence-electron chi connectivity index (χ3n) is 3.97. The fraction of sp³-hybridized carbons (Fsp3) is 0. The van der Waals surface area contributed by atoms with Crippen molar-refractivity contribution in [3.05, 3.63) is 66.7 Å². The third kappa shape index (κ3) is 2.38. The molecule has 0 radical (unpaired) electrons. The summed E-state index contributed by atoms with van der Waals surface area (Å²) in [5.41, 5.74) is 9.49. The lowest BCUT2D eigenvalue weighted by Gasteiger charge is -2.14. The maximum absolute atomic E-state index is 6.25. The van der Waals surface area contributed by atoms with Gasteiger partial charge in [0.2, 0.25) is 0 Å². The van der Waals surface area contributed by atoms with Crippen molar-refractivity contribution < 1.29 is 4.74 Å². The SMILES string of the molecule is Bc1cccc2nc3ccccc3c(Oc3ccc(N)cc3)c12. The Morgan fingerprint density at radius 3 is 2.39 bits per heavy atom. The molecule has 0 unspecified atom stereocenters. The molecule has 0 aliphatic rings. The van der Waals surface area contributed by atoms with Crippen molar-refractivity contribution in [2.45, 2.75) is 0 Å². The number of aromatic nitrogens is 1. The molecule has 3 nitrogen and oxygen atoms in total. The fourth-order valence-electron chi connectivity index (χ4n) is 2.83. The highest BCUT2D eigenvalue weighted by atomic mass is 16.5. The van der Waals surface area contributed by atoms with Crippen molar-refractivity contribution in [2.24, 2.45) is 0 Å². The van der Waals surface area contributed by atoms with Gasteiger partial charge in [0.05, 0.1) is 11.0 Å². The van der Waals surface area contributed by atoms with E-state index < -0.39 is 0 Å². The molecule has 4 aromatic rings. The van der Waals surface area contributed by atoms with Crippen LogP contribution in [0.4, 0.5) is 5.69 Å². The molecule has 1 heterocycles. The van der Waals surface area contributed by atoms with Gasteiger partial charge in [-0.15, -0.1) is 0 Å². The van der Waals surface area contributed by atoms with E-state index in [1.165, 1.54) is 0 Å². The van der Waals surface area contributed by atoms with E-state index in [1.54, 1.807) is 0 Å². The number of fused-ring (bicyclic) bond motifs is 2. The van der Waals surface area contributed by atoms with Gasteiger partial charge in [0.25, 0.3) is 0 Å². The van der Waals surface area contributed by atoms with Gasteiger partial charge in [0.15, 0.2) is 0 Å². The van der Waals surface area contributed by atoms with E-state index in [-0.39, 0.29) is 0 Å². The second kappa shape index (κ2) is 5.32. The Morgan fingerprint density at radius 1 is 0.826 bits per heavy atom. The second-order valence-corrected chi connectivity index (χ2v) is 5.60. The topological polar surface area (TPSA) is 48.1 Å². The van der Waals surface area contributed by atoms with E-state index in [4.69, 9.17) is 15.5 Å². The Hall–Kier alpha value is -3.01. The van der Waals surface area contributed by atoms with E-state index in [0.717, 1.165) is 44.5 Å². The first-order chi connectivity index (χ1) is 11.2. The molecule has 1 aromatic heterocycles. The first kappa shape index (κ1) is 13.6. The molecule has 23 heavy (non-hydrogen) atoms. The van der Waals surface area contributed by atoms with Crippen LogP contribution in [-0.4, -0.2) is 12.8 Å². The van der Waals surface area contributed by atoms with E-state index in [0.29, 0.717) is 0 Å². The Balaban J connectivity index is 2.02. The predicted octanol–water partition coefficient (Wildman–Crippen LogP) is 3.02. The number of hydrogen-bond acceptors (Lipinski definition) is 3. The molecule has 3 aromatic carbocycles. The maximum Gasteiger partial charge on any atom is 0.145 e. The van der Waals surface area contributed by atoms with Gasteiger partial charge in [-0.25, -0.2) is 4.98 Å². The smallest absolute Gasteiger partial charge is 0.145 e. The number of nitrogens with zero attached hydrogens (tertiary/aromatic N) is 1. The van der Waals surface area contributed by atoms with Gasteiger partial charge in [-0.05, 0) is 42.5 Å². The molecule has 110 valence electrons. The number of nitrogens with two attached hydrogens (primary N) is 1. The van der Waals surface area contributed by atoms with E-state index in [9.17, 15) is 0 Å². The Bertz CT molecular complexity index is 1010. The van der Waals surface area contributed by atoms with Crippen LogP contribution in [0.1, 0.15) is 0 Å². The Kier molecular flexibility index (Phi) is 3.16. The molecule has 0 amide bonds. The Labute approximate surface area is 135 Å². The first-order valence-electron chi connectivity index (χ1n) is 7.54. The molecule has 0 spiro atoms. The van der Waals surface area contributed by atoms with Gasteiger partial charge in [-0.2, -0.15) is 0 Å². The van der Waals surface area contributed by atoms with Crippen molar-refractivity contribution in [3.63, 3.8) is 0 Å². The van der Waals surface area contributed by atoms with Gasteiger partial charge < -0.3 is 10.5 Å². The van der Waals surface area contributed by atoms with Crippen LogP contribution in [0.25, 0.3) is 21.8 Å². The van der Waals surface area contributed by atoms with E-state index >= 15 is 0 Å². The van der Waals surface area contributed by atoms with Crippen LogP contribution >= 0.6 is 0 Å². The van der Waals surface area contributed by atoms with Crippen molar-refractivity contribution >= 4 is 40.8 Å². The first-order valence-corrected chi connectivity index (χ1v) is 7.54. The van der Waals surface area contributed by atoms with E-state index in [2.05, 4.69) is 13.9 Å². The molecule has 0 bridgehead atoms. The fourth-order valence-corrected chi connectivity index (χ4v) is 2.83. The number of ether oxygens (including phenoxy) is 1. The van der Waals surface area contributed by atoms with Gasteiger partial charge in [0.1, 0.15) is 19.3 Å². The molecule has 0 aliphatic carbocycles. The summed E-state index contributed by atoms with van der Waals surface area (Å²) < 4.78 is 6.25. The molecular formula is C19H15BN2O. The number of nitrogen functional groups attached to an aromatic ring is 1. The molecule has 0 atom stereocenters. The number of pyridine rings is 1. The van der Waals surface area contributed by atoms with Crippen LogP contribution in [0.3, 0.4) is 0 Å². The van der Waals surface area contributed by atoms with Crippen molar-refractivity contribution in [1.29, 1.82) is 0 Å². The van der Waals surface area contributed by atoms with Crippen LogP contribution in [0.5, 0.6) is 11.5 Å². The van der Waals surface area contributed by atoms with Gasteiger partial charge in [-0.1, -0.05) is 29.7 Å². The zero-order valence-corrected chi connectivity index (χ0v) is 12.8. The van der Waals surface area contributed by atoms with Crippen molar-refractivity contribution in [3.8, 4) is 11.5 Å². The molecular weight excluding hydrogens is 283 g/mol. The summed E-state index contributed by atoms with van der Waals surface area (Å²) in [4.78, 5) is 4.75. The normalized spacial score (nSPS) is 11.0. The van der Waals surface area contributed by atoms with Crippen LogP contribution in [0.15, 0.2) is 66.7 Å². The lowest BCUT2D eigenvalue weighted by Crippen LogP contribution is -2.06. The van der Waals surface area contributed by atoms with Crippen LogP contribution in [-0.2, 0) is 0 Å². The summed E-state index contributed by atoms with van der Waals surface area (Å²) in [5, 5.41) is 2.05. The molecule has 2 N–H and O–H groups in total. The Morgan fingerprint density at radius 2 is 1.57 bits per heavy atom. The van der Waals surface area contributed by atoms with Crippen LogP contribution in [0, 0.1) is 0 Å².